The van der Waals surface area contributed by atoms with E-state index in [1.807, 2.05) is 12.3 Å². The van der Waals surface area contributed by atoms with Crippen molar-refractivity contribution in [2.24, 2.45) is 7.05 Å². The van der Waals surface area contributed by atoms with E-state index in [1.165, 1.54) is 19.3 Å². The van der Waals surface area contributed by atoms with Crippen molar-refractivity contribution < 1.29 is 0 Å². The molecule has 0 aliphatic carbocycles. The molecule has 0 aromatic carbocycles. The number of hydrogen-bond donors (Lipinski definition) is 1. The Morgan fingerprint density at radius 2 is 2.41 bits per heavy atom. The van der Waals surface area contributed by atoms with E-state index in [-0.39, 0.29) is 0 Å². The van der Waals surface area contributed by atoms with E-state index >= 15 is 0 Å². The van der Waals surface area contributed by atoms with Gasteiger partial charge >= 0.3 is 0 Å². The molecule has 4 nitrogen and oxygen atoms in total. The third kappa shape index (κ3) is 2.05. The highest BCUT2D eigenvalue weighted by molar-refractivity contribution is 5.74. The van der Waals surface area contributed by atoms with Gasteiger partial charge in [-0.2, -0.15) is 0 Å². The molecule has 17 heavy (non-hydrogen) atoms. The van der Waals surface area contributed by atoms with Crippen LogP contribution in [0.15, 0.2) is 18.5 Å². The van der Waals surface area contributed by atoms with Crippen LogP contribution in [0, 0.1) is 0 Å². The Balaban J connectivity index is 1.87. The zero-order chi connectivity index (χ0) is 11.7. The van der Waals surface area contributed by atoms with Gasteiger partial charge in [-0.15, -0.1) is 0 Å². The van der Waals surface area contributed by atoms with Crippen molar-refractivity contribution in [2.45, 2.75) is 31.7 Å². The number of nitrogens with zero attached hydrogens (tertiary/aromatic N) is 3. The predicted molar refractivity (Wildman–Crippen MR) is 67.9 cm³/mol. The van der Waals surface area contributed by atoms with Gasteiger partial charge in [0.1, 0.15) is 5.82 Å². The second-order valence-corrected chi connectivity index (χ2v) is 4.80. The molecule has 2 aromatic rings. The summed E-state index contributed by atoms with van der Waals surface area (Å²) in [6.45, 7) is 1.15. The van der Waals surface area contributed by atoms with Crippen LogP contribution in [0.3, 0.4) is 0 Å². The number of rotatable bonds is 2. The van der Waals surface area contributed by atoms with Crippen molar-refractivity contribution in [3.05, 3.63) is 24.3 Å². The lowest BCUT2D eigenvalue weighted by Crippen LogP contribution is -2.36. The molecular formula is C13H18N4. The van der Waals surface area contributed by atoms with E-state index in [0.29, 0.717) is 6.04 Å². The number of nitrogens with one attached hydrogen (secondary N) is 1. The molecule has 0 amide bonds. The van der Waals surface area contributed by atoms with Crippen molar-refractivity contribution in [1.82, 2.24) is 19.9 Å². The molecule has 0 spiro atoms. The van der Waals surface area contributed by atoms with Crippen LogP contribution in [-0.4, -0.2) is 27.1 Å². The molecule has 1 saturated heterocycles. The Morgan fingerprint density at radius 1 is 1.47 bits per heavy atom. The van der Waals surface area contributed by atoms with Gasteiger partial charge in [0.15, 0.2) is 0 Å². The zero-order valence-corrected chi connectivity index (χ0v) is 10.2. The standard InChI is InChI=1S/C13H18N4/c1-17-12-9-14-7-5-11(12)16-13(17)8-10-4-2-3-6-15-10/h5,7,9-10,15H,2-4,6,8H2,1H3. The average Bonchev–Trinajstić information content (AvgIpc) is 2.68. The SMILES string of the molecule is Cn1c(CC2CCCCN2)nc2ccncc21. The van der Waals surface area contributed by atoms with Gasteiger partial charge in [-0.25, -0.2) is 4.98 Å². The second kappa shape index (κ2) is 4.45. The van der Waals surface area contributed by atoms with E-state index in [9.17, 15) is 0 Å². The van der Waals surface area contributed by atoms with Gasteiger partial charge in [0, 0.05) is 25.7 Å². The minimum absolute atomic E-state index is 0.590. The Morgan fingerprint density at radius 3 is 3.18 bits per heavy atom. The Labute approximate surface area is 101 Å². The van der Waals surface area contributed by atoms with E-state index in [1.54, 1.807) is 6.20 Å². The van der Waals surface area contributed by atoms with E-state index in [0.717, 1.165) is 29.8 Å². The number of aromatic nitrogens is 3. The summed E-state index contributed by atoms with van der Waals surface area (Å²) in [6.07, 6.45) is 8.62. The molecule has 1 aliphatic heterocycles. The molecule has 3 rings (SSSR count). The minimum Gasteiger partial charge on any atom is -0.330 e. The summed E-state index contributed by atoms with van der Waals surface area (Å²) in [6, 6.07) is 2.57. The quantitative estimate of drug-likeness (QED) is 0.853. The molecule has 1 aliphatic rings. The van der Waals surface area contributed by atoms with Gasteiger partial charge in [-0.3, -0.25) is 4.98 Å². The number of imidazole rings is 1. The molecule has 0 bridgehead atoms. The molecule has 1 fully saturated rings. The maximum atomic E-state index is 4.69. The topological polar surface area (TPSA) is 42.7 Å². The van der Waals surface area contributed by atoms with Gasteiger partial charge < -0.3 is 9.88 Å². The van der Waals surface area contributed by atoms with Crippen LogP contribution in [-0.2, 0) is 13.5 Å². The maximum absolute atomic E-state index is 4.69. The van der Waals surface area contributed by atoms with Crippen LogP contribution >= 0.6 is 0 Å². The highest BCUT2D eigenvalue weighted by Crippen LogP contribution is 2.17. The highest BCUT2D eigenvalue weighted by atomic mass is 15.1. The van der Waals surface area contributed by atoms with Gasteiger partial charge in [0.05, 0.1) is 17.2 Å². The summed E-state index contributed by atoms with van der Waals surface area (Å²) in [7, 11) is 2.08. The molecule has 0 radical (unpaired) electrons. The molecule has 0 saturated carbocycles. The number of pyridine rings is 1. The Bertz CT molecular complexity index is 511. The molecule has 1 atom stereocenters. The lowest BCUT2D eigenvalue weighted by atomic mass is 10.0. The number of aryl methyl sites for hydroxylation is 1. The van der Waals surface area contributed by atoms with E-state index in [2.05, 4.69) is 26.9 Å². The number of piperidine rings is 1. The highest BCUT2D eigenvalue weighted by Gasteiger charge is 2.16. The molecule has 2 aromatic heterocycles. The molecule has 1 unspecified atom stereocenters. The number of fused-ring (bicyclic) bond motifs is 1. The van der Waals surface area contributed by atoms with E-state index < -0.39 is 0 Å². The predicted octanol–water partition coefficient (Wildman–Crippen LogP) is 1.65. The number of hydrogen-bond acceptors (Lipinski definition) is 3. The van der Waals surface area contributed by atoms with Crippen LogP contribution in [0.4, 0.5) is 0 Å². The monoisotopic (exact) mass is 230 g/mol. The summed E-state index contributed by atoms with van der Waals surface area (Å²) in [5.41, 5.74) is 2.17. The molecule has 3 heterocycles. The summed E-state index contributed by atoms with van der Waals surface area (Å²) in [4.78, 5) is 8.85. The van der Waals surface area contributed by atoms with Crippen molar-refractivity contribution in [3.8, 4) is 0 Å². The van der Waals surface area contributed by atoms with Crippen molar-refractivity contribution in [1.29, 1.82) is 0 Å². The van der Waals surface area contributed by atoms with Crippen LogP contribution in [0.5, 0.6) is 0 Å². The van der Waals surface area contributed by atoms with Crippen molar-refractivity contribution in [3.63, 3.8) is 0 Å². The normalized spacial score (nSPS) is 20.9. The lowest BCUT2D eigenvalue weighted by Gasteiger charge is -2.22. The van der Waals surface area contributed by atoms with Gasteiger partial charge in [-0.1, -0.05) is 6.42 Å². The fourth-order valence-electron chi connectivity index (χ4n) is 2.59. The molecule has 4 heteroatoms. The first-order valence-corrected chi connectivity index (χ1v) is 6.33. The second-order valence-electron chi connectivity index (χ2n) is 4.80. The fourth-order valence-corrected chi connectivity index (χ4v) is 2.59. The first-order chi connectivity index (χ1) is 8.34. The van der Waals surface area contributed by atoms with E-state index in [4.69, 9.17) is 0 Å². The Kier molecular flexibility index (Phi) is 2.81. The van der Waals surface area contributed by atoms with Crippen LogP contribution in [0.25, 0.3) is 11.0 Å². The third-order valence-electron chi connectivity index (χ3n) is 3.62. The minimum atomic E-state index is 0.590. The fraction of sp³-hybridized carbons (Fsp3) is 0.538. The Hall–Kier alpha value is -1.42. The summed E-state index contributed by atoms with van der Waals surface area (Å²) in [5, 5.41) is 3.57. The summed E-state index contributed by atoms with van der Waals surface area (Å²) < 4.78 is 2.17. The van der Waals surface area contributed by atoms with Crippen molar-refractivity contribution >= 4 is 11.0 Å². The molecule has 1 N–H and O–H groups in total. The van der Waals surface area contributed by atoms with Crippen LogP contribution in [0.2, 0.25) is 0 Å². The van der Waals surface area contributed by atoms with Gasteiger partial charge in [-0.05, 0) is 25.5 Å². The zero-order valence-electron chi connectivity index (χ0n) is 10.2. The maximum Gasteiger partial charge on any atom is 0.111 e. The first-order valence-electron chi connectivity index (χ1n) is 6.33. The summed E-state index contributed by atoms with van der Waals surface area (Å²) in [5.74, 6) is 1.16. The van der Waals surface area contributed by atoms with Crippen LogP contribution < -0.4 is 5.32 Å². The van der Waals surface area contributed by atoms with Gasteiger partial charge in [0.25, 0.3) is 0 Å². The average molecular weight is 230 g/mol. The van der Waals surface area contributed by atoms with Crippen molar-refractivity contribution in [2.75, 3.05) is 6.54 Å². The smallest absolute Gasteiger partial charge is 0.111 e. The van der Waals surface area contributed by atoms with Gasteiger partial charge in [0.2, 0.25) is 0 Å². The third-order valence-corrected chi connectivity index (χ3v) is 3.62. The molecular weight excluding hydrogens is 212 g/mol. The molecule has 90 valence electrons. The largest absolute Gasteiger partial charge is 0.330 e. The van der Waals surface area contributed by atoms with Crippen LogP contribution in [0.1, 0.15) is 25.1 Å². The lowest BCUT2D eigenvalue weighted by molar-refractivity contribution is 0.392. The summed E-state index contributed by atoms with van der Waals surface area (Å²) >= 11 is 0. The first kappa shape index (κ1) is 10.7.